The highest BCUT2D eigenvalue weighted by Gasteiger charge is 2.32. The van der Waals surface area contributed by atoms with Crippen molar-refractivity contribution >= 4 is 11.8 Å². The van der Waals surface area contributed by atoms with E-state index in [9.17, 15) is 14.0 Å². The van der Waals surface area contributed by atoms with E-state index >= 15 is 0 Å². The topological polar surface area (TPSA) is 82.2 Å². The molecule has 2 aromatic rings. The Morgan fingerprint density at radius 3 is 2.74 bits per heavy atom. The smallest absolute Gasteiger partial charge is 0.274 e. The van der Waals surface area contributed by atoms with E-state index in [1.54, 1.807) is 17.4 Å². The molecule has 27 heavy (non-hydrogen) atoms. The molecule has 7 nitrogen and oxygen atoms in total. The number of nitrogens with zero attached hydrogens (tertiary/aromatic N) is 5. The number of nitriles is 1. The Morgan fingerprint density at radius 2 is 2.11 bits per heavy atom. The van der Waals surface area contributed by atoms with Crippen LogP contribution >= 0.6 is 0 Å². The largest absolute Gasteiger partial charge is 0.337 e. The van der Waals surface area contributed by atoms with Crippen LogP contribution in [0.25, 0.3) is 0 Å². The van der Waals surface area contributed by atoms with Gasteiger partial charge in [0.1, 0.15) is 11.5 Å². The van der Waals surface area contributed by atoms with Gasteiger partial charge in [-0.25, -0.2) is 9.37 Å². The van der Waals surface area contributed by atoms with Crippen LogP contribution in [0.15, 0.2) is 30.7 Å². The first-order valence-electron chi connectivity index (χ1n) is 8.76. The van der Waals surface area contributed by atoms with Crippen LogP contribution in [0.2, 0.25) is 0 Å². The SMILES string of the molecule is CCn1cnc(C(=O)N2CCN(C(=O)c3cc(C#N)ccc3F)[C@@H](C)C2)c1. The van der Waals surface area contributed by atoms with Gasteiger partial charge in [0.05, 0.1) is 23.5 Å². The maximum Gasteiger partial charge on any atom is 0.274 e. The molecule has 1 fully saturated rings. The Balaban J connectivity index is 1.72. The van der Waals surface area contributed by atoms with E-state index in [1.165, 1.54) is 17.0 Å². The highest BCUT2D eigenvalue weighted by atomic mass is 19.1. The third-order valence-electron chi connectivity index (χ3n) is 4.72. The van der Waals surface area contributed by atoms with Gasteiger partial charge in [-0.05, 0) is 32.0 Å². The van der Waals surface area contributed by atoms with Crippen LogP contribution in [0.3, 0.4) is 0 Å². The summed E-state index contributed by atoms with van der Waals surface area (Å²) in [5.41, 5.74) is 0.478. The lowest BCUT2D eigenvalue weighted by Gasteiger charge is -2.39. The highest BCUT2D eigenvalue weighted by Crippen LogP contribution is 2.18. The lowest BCUT2D eigenvalue weighted by atomic mass is 10.1. The Hall–Kier alpha value is -3.21. The molecule has 2 heterocycles. The first-order chi connectivity index (χ1) is 12.9. The summed E-state index contributed by atoms with van der Waals surface area (Å²) in [7, 11) is 0. The molecule has 1 aromatic carbocycles. The quantitative estimate of drug-likeness (QED) is 0.827. The van der Waals surface area contributed by atoms with Crippen molar-refractivity contribution in [1.82, 2.24) is 19.4 Å². The average molecular weight is 369 g/mol. The average Bonchev–Trinajstić information content (AvgIpc) is 3.16. The van der Waals surface area contributed by atoms with Crippen molar-refractivity contribution in [2.45, 2.75) is 26.4 Å². The Kier molecular flexibility index (Phi) is 5.21. The lowest BCUT2D eigenvalue weighted by molar-refractivity contribution is 0.0409. The fraction of sp³-hybridized carbons (Fsp3) is 0.368. The first kappa shape index (κ1) is 18.6. The van der Waals surface area contributed by atoms with Crippen molar-refractivity contribution in [2.24, 2.45) is 0 Å². The molecule has 1 aliphatic rings. The fourth-order valence-electron chi connectivity index (χ4n) is 3.16. The molecule has 0 radical (unpaired) electrons. The standard InChI is InChI=1S/C19H20FN5O2/c1-3-23-11-17(22-12-23)19(27)24-6-7-25(13(2)10-24)18(26)15-8-14(9-21)4-5-16(15)20/h4-5,8,11-13H,3,6-7,10H2,1-2H3/t13-/m0/s1. The van der Waals surface area contributed by atoms with E-state index in [-0.39, 0.29) is 29.6 Å². The van der Waals surface area contributed by atoms with Gasteiger partial charge in [-0.1, -0.05) is 0 Å². The Labute approximate surface area is 156 Å². The number of aromatic nitrogens is 2. The summed E-state index contributed by atoms with van der Waals surface area (Å²) in [6.07, 6.45) is 3.31. The van der Waals surface area contributed by atoms with E-state index in [4.69, 9.17) is 5.26 Å². The van der Waals surface area contributed by atoms with Gasteiger partial charge in [0, 0.05) is 38.4 Å². The normalized spacial score (nSPS) is 16.9. The summed E-state index contributed by atoms with van der Waals surface area (Å²) in [5, 5.41) is 8.97. The summed E-state index contributed by atoms with van der Waals surface area (Å²) >= 11 is 0. The number of benzene rings is 1. The maximum atomic E-state index is 14.1. The summed E-state index contributed by atoms with van der Waals surface area (Å²) in [4.78, 5) is 32.7. The van der Waals surface area contributed by atoms with E-state index in [2.05, 4.69) is 4.98 Å². The molecule has 0 aliphatic carbocycles. The van der Waals surface area contributed by atoms with Crippen LogP contribution in [0.1, 0.15) is 40.3 Å². The van der Waals surface area contributed by atoms with E-state index in [0.29, 0.717) is 18.8 Å². The van der Waals surface area contributed by atoms with Crippen LogP contribution < -0.4 is 0 Å². The Bertz CT molecular complexity index is 917. The number of aryl methyl sites for hydroxylation is 1. The number of carbonyl (C=O) groups is 2. The van der Waals surface area contributed by atoms with Crippen molar-refractivity contribution in [3.8, 4) is 6.07 Å². The number of amides is 2. The summed E-state index contributed by atoms with van der Waals surface area (Å²) in [5.74, 6) is -1.31. The molecule has 1 atom stereocenters. The predicted molar refractivity (Wildman–Crippen MR) is 95.4 cm³/mol. The zero-order valence-electron chi connectivity index (χ0n) is 15.2. The number of rotatable bonds is 3. The molecule has 2 amide bonds. The maximum absolute atomic E-state index is 14.1. The minimum Gasteiger partial charge on any atom is -0.337 e. The summed E-state index contributed by atoms with van der Waals surface area (Å²) in [6.45, 7) is 5.47. The van der Waals surface area contributed by atoms with Crippen molar-refractivity contribution in [3.05, 3.63) is 53.4 Å². The first-order valence-corrected chi connectivity index (χ1v) is 8.76. The van der Waals surface area contributed by atoms with Crippen molar-refractivity contribution in [3.63, 3.8) is 0 Å². The Morgan fingerprint density at radius 1 is 1.33 bits per heavy atom. The van der Waals surface area contributed by atoms with Gasteiger partial charge < -0.3 is 14.4 Å². The molecule has 1 aromatic heterocycles. The third kappa shape index (κ3) is 3.67. The zero-order chi connectivity index (χ0) is 19.6. The van der Waals surface area contributed by atoms with Crippen molar-refractivity contribution in [2.75, 3.05) is 19.6 Å². The van der Waals surface area contributed by atoms with Crippen LogP contribution in [-0.2, 0) is 6.54 Å². The summed E-state index contributed by atoms with van der Waals surface area (Å²) < 4.78 is 15.9. The minimum atomic E-state index is -0.658. The molecule has 8 heteroatoms. The predicted octanol–water partition coefficient (Wildman–Crippen LogP) is 1.90. The van der Waals surface area contributed by atoms with Crippen molar-refractivity contribution in [1.29, 1.82) is 5.26 Å². The minimum absolute atomic E-state index is 0.123. The van der Waals surface area contributed by atoms with E-state index in [0.717, 1.165) is 12.6 Å². The molecular formula is C19H20FN5O2. The highest BCUT2D eigenvalue weighted by molar-refractivity contribution is 5.96. The third-order valence-corrected chi connectivity index (χ3v) is 4.72. The molecule has 140 valence electrons. The molecule has 0 N–H and O–H groups in total. The zero-order valence-corrected chi connectivity index (χ0v) is 15.2. The second-order valence-corrected chi connectivity index (χ2v) is 6.49. The molecule has 3 rings (SSSR count). The second-order valence-electron chi connectivity index (χ2n) is 6.49. The summed E-state index contributed by atoms with van der Waals surface area (Å²) in [6, 6.07) is 5.35. The number of carbonyl (C=O) groups excluding carboxylic acids is 2. The molecule has 1 saturated heterocycles. The monoisotopic (exact) mass is 369 g/mol. The lowest BCUT2D eigenvalue weighted by Crippen LogP contribution is -2.55. The molecule has 1 aliphatic heterocycles. The van der Waals surface area contributed by atoms with E-state index < -0.39 is 11.7 Å². The van der Waals surface area contributed by atoms with Gasteiger partial charge in [-0.2, -0.15) is 5.26 Å². The van der Waals surface area contributed by atoms with Gasteiger partial charge in [0.25, 0.3) is 11.8 Å². The number of hydrogen-bond donors (Lipinski definition) is 0. The van der Waals surface area contributed by atoms with Gasteiger partial charge in [-0.15, -0.1) is 0 Å². The molecule has 0 spiro atoms. The number of piperazine rings is 1. The van der Waals surface area contributed by atoms with Crippen LogP contribution in [0.4, 0.5) is 4.39 Å². The fourth-order valence-corrected chi connectivity index (χ4v) is 3.16. The second kappa shape index (κ2) is 7.58. The van der Waals surface area contributed by atoms with Crippen LogP contribution in [0, 0.1) is 17.1 Å². The number of hydrogen-bond acceptors (Lipinski definition) is 4. The van der Waals surface area contributed by atoms with Crippen molar-refractivity contribution < 1.29 is 14.0 Å². The van der Waals surface area contributed by atoms with Gasteiger partial charge in [0.15, 0.2) is 0 Å². The molecule has 0 unspecified atom stereocenters. The van der Waals surface area contributed by atoms with Crippen LogP contribution in [0.5, 0.6) is 0 Å². The number of halogens is 1. The van der Waals surface area contributed by atoms with E-state index in [1.807, 2.05) is 24.5 Å². The number of imidazole rings is 1. The van der Waals surface area contributed by atoms with Crippen LogP contribution in [-0.4, -0.2) is 56.8 Å². The van der Waals surface area contributed by atoms with Gasteiger partial charge >= 0.3 is 0 Å². The molecule has 0 bridgehead atoms. The van der Waals surface area contributed by atoms with Gasteiger partial charge in [0.2, 0.25) is 0 Å². The molecule has 0 saturated carbocycles. The van der Waals surface area contributed by atoms with Gasteiger partial charge in [-0.3, -0.25) is 9.59 Å². The molecular weight excluding hydrogens is 349 g/mol.